The van der Waals surface area contributed by atoms with Crippen LogP contribution >= 0.6 is 0 Å². The van der Waals surface area contributed by atoms with Crippen LogP contribution in [0.4, 0.5) is 0 Å². The van der Waals surface area contributed by atoms with Crippen LogP contribution in [-0.4, -0.2) is 52.6 Å². The second kappa shape index (κ2) is 5.22. The number of nitrogens with one attached hydrogen (secondary N) is 1. The van der Waals surface area contributed by atoms with E-state index in [-0.39, 0.29) is 19.1 Å². The molecule has 2 rings (SSSR count). The minimum Gasteiger partial charge on any atom is -0.394 e. The van der Waals surface area contributed by atoms with E-state index in [4.69, 9.17) is 9.84 Å². The van der Waals surface area contributed by atoms with E-state index in [2.05, 4.69) is 10.3 Å². The fourth-order valence-corrected chi connectivity index (χ4v) is 1.73. The number of hydrogen-bond acceptors (Lipinski definition) is 5. The second-order valence-electron chi connectivity index (χ2n) is 3.86. The minimum atomic E-state index is -0.884. The molecule has 17 heavy (non-hydrogen) atoms. The molecule has 6 nitrogen and oxygen atoms in total. The molecule has 1 saturated heterocycles. The number of hydrogen-bond donors (Lipinski definition) is 3. The van der Waals surface area contributed by atoms with E-state index in [0.717, 1.165) is 0 Å². The number of amides is 1. The fourth-order valence-electron chi connectivity index (χ4n) is 1.73. The smallest absolute Gasteiger partial charge is 0.251 e. The molecule has 0 radical (unpaired) electrons. The van der Waals surface area contributed by atoms with Crippen molar-refractivity contribution in [2.24, 2.45) is 0 Å². The Kier molecular flexibility index (Phi) is 3.68. The highest BCUT2D eigenvalue weighted by Gasteiger charge is 2.36. The summed E-state index contributed by atoms with van der Waals surface area (Å²) in [6.07, 6.45) is 1.53. The average Bonchev–Trinajstić information content (AvgIpc) is 2.71. The molecule has 0 bridgehead atoms. The van der Waals surface area contributed by atoms with Crippen LogP contribution in [0.25, 0.3) is 0 Å². The molecule has 1 aromatic rings. The van der Waals surface area contributed by atoms with Gasteiger partial charge in [-0.15, -0.1) is 0 Å². The van der Waals surface area contributed by atoms with Gasteiger partial charge in [0.2, 0.25) is 0 Å². The van der Waals surface area contributed by atoms with E-state index in [9.17, 15) is 9.90 Å². The lowest BCUT2D eigenvalue weighted by Crippen LogP contribution is -2.45. The Morgan fingerprint density at radius 1 is 1.53 bits per heavy atom. The number of rotatable bonds is 3. The molecule has 92 valence electrons. The van der Waals surface area contributed by atoms with E-state index in [1.54, 1.807) is 12.1 Å². The summed E-state index contributed by atoms with van der Waals surface area (Å²) in [6, 6.07) is 2.68. The van der Waals surface area contributed by atoms with Gasteiger partial charge in [0.15, 0.2) is 0 Å². The van der Waals surface area contributed by atoms with Crippen LogP contribution < -0.4 is 5.32 Å². The van der Waals surface area contributed by atoms with Gasteiger partial charge in [-0.25, -0.2) is 0 Å². The van der Waals surface area contributed by atoms with Crippen LogP contribution in [-0.2, 0) is 4.74 Å². The number of aliphatic hydroxyl groups excluding tert-OH is 2. The van der Waals surface area contributed by atoms with Crippen LogP contribution in [0, 0.1) is 0 Å². The largest absolute Gasteiger partial charge is 0.394 e. The monoisotopic (exact) mass is 238 g/mol. The molecule has 0 saturated carbocycles. The zero-order chi connectivity index (χ0) is 12.3. The van der Waals surface area contributed by atoms with Gasteiger partial charge in [0, 0.05) is 18.0 Å². The van der Waals surface area contributed by atoms with Crippen LogP contribution in [0.5, 0.6) is 0 Å². The molecule has 6 heteroatoms. The topological polar surface area (TPSA) is 91.7 Å². The summed E-state index contributed by atoms with van der Waals surface area (Å²) in [5.74, 6) is -0.293. The summed E-state index contributed by atoms with van der Waals surface area (Å²) < 4.78 is 5.14. The molecule has 3 atom stereocenters. The van der Waals surface area contributed by atoms with E-state index in [1.165, 1.54) is 12.4 Å². The van der Waals surface area contributed by atoms with Crippen molar-refractivity contribution in [2.45, 2.75) is 18.2 Å². The van der Waals surface area contributed by atoms with Gasteiger partial charge >= 0.3 is 0 Å². The number of nitrogens with zero attached hydrogens (tertiary/aromatic N) is 1. The van der Waals surface area contributed by atoms with Crippen molar-refractivity contribution in [2.75, 3.05) is 13.2 Å². The van der Waals surface area contributed by atoms with E-state index in [1.807, 2.05) is 0 Å². The number of carbonyl (C=O) groups is 1. The number of aromatic nitrogens is 1. The van der Waals surface area contributed by atoms with Crippen LogP contribution in [0.1, 0.15) is 10.4 Å². The quantitative estimate of drug-likeness (QED) is 0.624. The summed E-state index contributed by atoms with van der Waals surface area (Å²) in [7, 11) is 0. The predicted molar refractivity (Wildman–Crippen MR) is 58.3 cm³/mol. The summed E-state index contributed by atoms with van der Waals surface area (Å²) in [5.41, 5.74) is 0.472. The molecule has 0 aliphatic carbocycles. The first kappa shape index (κ1) is 12.0. The first-order valence-corrected chi connectivity index (χ1v) is 5.34. The maximum atomic E-state index is 11.8. The first-order chi connectivity index (χ1) is 8.22. The summed E-state index contributed by atoms with van der Waals surface area (Å²) >= 11 is 0. The SMILES string of the molecule is O=C(N[C@H]1CO[C@@H](CO)[C@@H]1O)c1ccncc1. The zero-order valence-electron chi connectivity index (χ0n) is 9.11. The summed E-state index contributed by atoms with van der Waals surface area (Å²) in [4.78, 5) is 15.6. The van der Waals surface area contributed by atoms with Crippen LogP contribution in [0.15, 0.2) is 24.5 Å². The predicted octanol–water partition coefficient (Wildman–Crippen LogP) is -1.07. The molecular formula is C11H14N2O4. The number of pyridine rings is 1. The van der Waals surface area contributed by atoms with E-state index in [0.29, 0.717) is 5.56 Å². The number of carbonyl (C=O) groups excluding carboxylic acids is 1. The van der Waals surface area contributed by atoms with Crippen molar-refractivity contribution in [1.29, 1.82) is 0 Å². The maximum Gasteiger partial charge on any atom is 0.251 e. The van der Waals surface area contributed by atoms with E-state index < -0.39 is 18.2 Å². The lowest BCUT2D eigenvalue weighted by Gasteiger charge is -2.17. The van der Waals surface area contributed by atoms with E-state index >= 15 is 0 Å². The maximum absolute atomic E-state index is 11.8. The molecule has 1 amide bonds. The van der Waals surface area contributed by atoms with Crippen molar-refractivity contribution in [3.8, 4) is 0 Å². The third-order valence-corrected chi connectivity index (χ3v) is 2.72. The minimum absolute atomic E-state index is 0.198. The third kappa shape index (κ3) is 2.60. The highest BCUT2D eigenvalue weighted by molar-refractivity contribution is 5.94. The van der Waals surface area contributed by atoms with Gasteiger partial charge in [-0.05, 0) is 12.1 Å². The second-order valence-corrected chi connectivity index (χ2v) is 3.86. The lowest BCUT2D eigenvalue weighted by atomic mass is 10.1. The van der Waals surface area contributed by atoms with Crippen molar-refractivity contribution < 1.29 is 19.7 Å². The summed E-state index contributed by atoms with van der Waals surface area (Å²) in [6.45, 7) is -0.0635. The Labute approximate surface area is 98.2 Å². The van der Waals surface area contributed by atoms with Gasteiger partial charge in [-0.3, -0.25) is 9.78 Å². The number of ether oxygens (including phenoxy) is 1. The van der Waals surface area contributed by atoms with Crippen molar-refractivity contribution >= 4 is 5.91 Å². The highest BCUT2D eigenvalue weighted by atomic mass is 16.5. The molecule has 1 fully saturated rings. The highest BCUT2D eigenvalue weighted by Crippen LogP contribution is 2.14. The molecule has 0 spiro atoms. The average molecular weight is 238 g/mol. The normalized spacial score (nSPS) is 28.0. The van der Waals surface area contributed by atoms with Crippen molar-refractivity contribution in [3.05, 3.63) is 30.1 Å². The van der Waals surface area contributed by atoms with Crippen LogP contribution in [0.2, 0.25) is 0 Å². The Morgan fingerprint density at radius 2 is 2.24 bits per heavy atom. The number of aliphatic hydroxyl groups is 2. The van der Waals surface area contributed by atoms with Gasteiger partial charge in [0.05, 0.1) is 19.3 Å². The van der Waals surface area contributed by atoms with Gasteiger partial charge in [0.25, 0.3) is 5.91 Å². The van der Waals surface area contributed by atoms with Crippen LogP contribution in [0.3, 0.4) is 0 Å². The van der Waals surface area contributed by atoms with Crippen molar-refractivity contribution in [1.82, 2.24) is 10.3 Å². The third-order valence-electron chi connectivity index (χ3n) is 2.72. The summed E-state index contributed by atoms with van der Waals surface area (Å²) in [5, 5.41) is 21.3. The molecule has 0 unspecified atom stereocenters. The molecule has 1 aliphatic heterocycles. The molecule has 3 N–H and O–H groups in total. The zero-order valence-corrected chi connectivity index (χ0v) is 9.11. The van der Waals surface area contributed by atoms with Gasteiger partial charge in [-0.2, -0.15) is 0 Å². The standard InChI is InChI=1S/C11H14N2O4/c14-5-9-10(15)8(6-17-9)13-11(16)7-1-3-12-4-2-7/h1-4,8-10,14-15H,5-6H2,(H,13,16)/t8-,9-,10+/m0/s1. The van der Waals surface area contributed by atoms with Gasteiger partial charge < -0.3 is 20.3 Å². The van der Waals surface area contributed by atoms with Crippen molar-refractivity contribution in [3.63, 3.8) is 0 Å². The molecule has 1 aromatic heterocycles. The molecular weight excluding hydrogens is 224 g/mol. The molecule has 0 aromatic carbocycles. The Morgan fingerprint density at radius 3 is 2.82 bits per heavy atom. The van der Waals surface area contributed by atoms with Gasteiger partial charge in [0.1, 0.15) is 12.2 Å². The molecule has 2 heterocycles. The fraction of sp³-hybridized carbons (Fsp3) is 0.455. The lowest BCUT2D eigenvalue weighted by molar-refractivity contribution is 0.00278. The Balaban J connectivity index is 1.96. The Hall–Kier alpha value is -1.50. The Bertz CT molecular complexity index is 384. The van der Waals surface area contributed by atoms with Gasteiger partial charge in [-0.1, -0.05) is 0 Å². The molecule has 1 aliphatic rings. The first-order valence-electron chi connectivity index (χ1n) is 5.34.